The Hall–Kier alpha value is -1.91. The molecule has 0 atom stereocenters. The zero-order valence-electron chi connectivity index (χ0n) is 7.40. The van der Waals surface area contributed by atoms with Crippen LogP contribution in [0.3, 0.4) is 0 Å². The van der Waals surface area contributed by atoms with Gasteiger partial charge in [0.1, 0.15) is 12.1 Å². The minimum absolute atomic E-state index is 0.449. The van der Waals surface area contributed by atoms with Gasteiger partial charge in [-0.2, -0.15) is 10.5 Å². The van der Waals surface area contributed by atoms with E-state index in [-0.39, 0.29) is 0 Å². The second-order valence-electron chi connectivity index (χ2n) is 2.87. The number of rotatable bonds is 0. The van der Waals surface area contributed by atoms with Gasteiger partial charge in [-0.05, 0) is 18.6 Å². The van der Waals surface area contributed by atoms with E-state index in [1.165, 1.54) is 11.3 Å². The molecule has 0 saturated heterocycles. The van der Waals surface area contributed by atoms with Gasteiger partial charge in [-0.1, -0.05) is 0 Å². The van der Waals surface area contributed by atoms with Crippen LogP contribution in [0.15, 0.2) is 11.6 Å². The monoisotopic (exact) mass is 199 g/mol. The summed E-state index contributed by atoms with van der Waals surface area (Å²) < 4.78 is 0.801. The van der Waals surface area contributed by atoms with Gasteiger partial charge in [-0.25, -0.2) is 4.98 Å². The Bertz CT molecular complexity index is 584. The van der Waals surface area contributed by atoms with Crippen molar-refractivity contribution in [3.8, 4) is 12.1 Å². The summed E-state index contributed by atoms with van der Waals surface area (Å²) in [4.78, 5) is 4.12. The van der Waals surface area contributed by atoms with Crippen molar-refractivity contribution in [3.05, 3.63) is 28.3 Å². The van der Waals surface area contributed by atoms with Crippen LogP contribution in [0, 0.1) is 29.6 Å². The molecule has 2 aromatic rings. The van der Waals surface area contributed by atoms with Crippen molar-refractivity contribution in [1.82, 2.24) is 4.98 Å². The van der Waals surface area contributed by atoms with Crippen LogP contribution < -0.4 is 0 Å². The molecule has 0 fully saturated rings. The molecule has 2 rings (SSSR count). The summed E-state index contributed by atoms with van der Waals surface area (Å²) in [7, 11) is 0. The number of nitriles is 2. The van der Waals surface area contributed by atoms with Gasteiger partial charge in [0.2, 0.25) is 0 Å². The molecule has 0 saturated carbocycles. The molecule has 0 radical (unpaired) electrons. The Labute approximate surface area is 84.9 Å². The summed E-state index contributed by atoms with van der Waals surface area (Å²) in [6.07, 6.45) is 0. The van der Waals surface area contributed by atoms with E-state index in [1.807, 2.05) is 13.0 Å². The smallest absolute Gasteiger partial charge is 0.102 e. The highest BCUT2D eigenvalue weighted by Crippen LogP contribution is 2.27. The van der Waals surface area contributed by atoms with Gasteiger partial charge in [0.25, 0.3) is 0 Å². The largest absolute Gasteiger partial charge is 0.245 e. The molecule has 3 nitrogen and oxygen atoms in total. The van der Waals surface area contributed by atoms with E-state index in [0.717, 1.165) is 15.8 Å². The first-order valence-corrected chi connectivity index (χ1v) is 4.83. The summed E-state index contributed by atoms with van der Waals surface area (Å²) in [5.74, 6) is 0. The summed E-state index contributed by atoms with van der Waals surface area (Å²) in [5, 5.41) is 17.9. The minimum atomic E-state index is 0.449. The van der Waals surface area contributed by atoms with Crippen LogP contribution in [-0.2, 0) is 0 Å². The van der Waals surface area contributed by atoms with Gasteiger partial charge in [0.15, 0.2) is 0 Å². The van der Waals surface area contributed by atoms with Crippen LogP contribution in [0.1, 0.15) is 16.7 Å². The number of aryl methyl sites for hydroxylation is 1. The Morgan fingerprint density at radius 3 is 2.64 bits per heavy atom. The molecule has 14 heavy (non-hydrogen) atoms. The molecule has 0 N–H and O–H groups in total. The van der Waals surface area contributed by atoms with E-state index in [4.69, 9.17) is 10.5 Å². The predicted molar refractivity (Wildman–Crippen MR) is 53.8 cm³/mol. The van der Waals surface area contributed by atoms with Crippen molar-refractivity contribution in [2.45, 2.75) is 6.92 Å². The maximum absolute atomic E-state index is 8.97. The Kier molecular flexibility index (Phi) is 1.92. The van der Waals surface area contributed by atoms with E-state index >= 15 is 0 Å². The number of aromatic nitrogens is 1. The quantitative estimate of drug-likeness (QED) is 0.654. The molecular weight excluding hydrogens is 194 g/mol. The second kappa shape index (κ2) is 3.10. The van der Waals surface area contributed by atoms with Gasteiger partial charge in [-0.3, -0.25) is 0 Å². The average Bonchev–Trinajstić information content (AvgIpc) is 2.62. The molecule has 0 bridgehead atoms. The number of hydrogen-bond acceptors (Lipinski definition) is 4. The van der Waals surface area contributed by atoms with E-state index in [1.54, 1.807) is 5.51 Å². The predicted octanol–water partition coefficient (Wildman–Crippen LogP) is 2.35. The van der Waals surface area contributed by atoms with E-state index in [9.17, 15) is 0 Å². The highest BCUT2D eigenvalue weighted by Gasteiger charge is 2.11. The third-order valence-electron chi connectivity index (χ3n) is 2.04. The number of thiazole rings is 1. The summed E-state index contributed by atoms with van der Waals surface area (Å²) >= 11 is 1.39. The van der Waals surface area contributed by atoms with Gasteiger partial charge in [-0.15, -0.1) is 11.3 Å². The molecule has 1 aromatic carbocycles. The lowest BCUT2D eigenvalue weighted by Gasteiger charge is -1.99. The van der Waals surface area contributed by atoms with Crippen molar-refractivity contribution in [2.24, 2.45) is 0 Å². The molecule has 0 unspecified atom stereocenters. The number of nitrogens with zero attached hydrogens (tertiary/aromatic N) is 3. The standard InChI is InChI=1S/C10H5N3S/c1-6-2-9-10(14-5-13-9)8(4-12)7(6)3-11/h2,5H,1H3. The van der Waals surface area contributed by atoms with Crippen LogP contribution in [0.25, 0.3) is 10.2 Å². The van der Waals surface area contributed by atoms with Crippen LogP contribution in [0.4, 0.5) is 0 Å². The molecular formula is C10H5N3S. The minimum Gasteiger partial charge on any atom is -0.245 e. The highest BCUT2D eigenvalue weighted by atomic mass is 32.1. The molecule has 4 heteroatoms. The van der Waals surface area contributed by atoms with Crippen LogP contribution in [0.5, 0.6) is 0 Å². The first-order chi connectivity index (χ1) is 6.77. The fourth-order valence-electron chi connectivity index (χ4n) is 1.38. The van der Waals surface area contributed by atoms with Gasteiger partial charge < -0.3 is 0 Å². The summed E-state index contributed by atoms with van der Waals surface area (Å²) in [6.45, 7) is 1.82. The number of benzene rings is 1. The average molecular weight is 199 g/mol. The topological polar surface area (TPSA) is 60.5 Å². The normalized spacial score (nSPS) is 9.64. The maximum Gasteiger partial charge on any atom is 0.102 e. The first-order valence-electron chi connectivity index (χ1n) is 3.95. The van der Waals surface area contributed by atoms with Crippen LogP contribution >= 0.6 is 11.3 Å². The van der Waals surface area contributed by atoms with Crippen molar-refractivity contribution in [2.75, 3.05) is 0 Å². The molecule has 1 aromatic heterocycles. The van der Waals surface area contributed by atoms with E-state index in [2.05, 4.69) is 17.1 Å². The van der Waals surface area contributed by atoms with Crippen molar-refractivity contribution >= 4 is 21.6 Å². The van der Waals surface area contributed by atoms with Gasteiger partial charge in [0, 0.05) is 0 Å². The number of hydrogen-bond donors (Lipinski definition) is 0. The second-order valence-corrected chi connectivity index (χ2v) is 3.72. The Balaban J connectivity index is 3.00. The number of fused-ring (bicyclic) bond motifs is 1. The molecule has 1 heterocycles. The Morgan fingerprint density at radius 2 is 2.00 bits per heavy atom. The van der Waals surface area contributed by atoms with E-state index in [0.29, 0.717) is 11.1 Å². The third-order valence-corrected chi connectivity index (χ3v) is 2.90. The molecule has 0 spiro atoms. The van der Waals surface area contributed by atoms with E-state index < -0.39 is 0 Å². The van der Waals surface area contributed by atoms with Crippen molar-refractivity contribution in [1.29, 1.82) is 10.5 Å². The highest BCUT2D eigenvalue weighted by molar-refractivity contribution is 7.17. The molecule has 66 valence electrons. The molecule has 0 aliphatic rings. The first kappa shape index (κ1) is 8.68. The van der Waals surface area contributed by atoms with Crippen LogP contribution in [-0.4, -0.2) is 4.98 Å². The van der Waals surface area contributed by atoms with Crippen LogP contribution in [0.2, 0.25) is 0 Å². The summed E-state index contributed by atoms with van der Waals surface area (Å²) in [6, 6.07) is 5.96. The summed E-state index contributed by atoms with van der Waals surface area (Å²) in [5.41, 5.74) is 4.20. The lowest BCUT2D eigenvalue weighted by atomic mass is 10.0. The SMILES string of the molecule is Cc1cc2ncsc2c(C#N)c1C#N. The fourth-order valence-corrected chi connectivity index (χ4v) is 2.15. The maximum atomic E-state index is 8.97. The van der Waals surface area contributed by atoms with Gasteiger partial charge >= 0.3 is 0 Å². The zero-order chi connectivity index (χ0) is 10.1. The molecule has 0 amide bonds. The molecule has 0 aliphatic carbocycles. The fraction of sp³-hybridized carbons (Fsp3) is 0.100. The molecule has 0 aliphatic heterocycles. The zero-order valence-corrected chi connectivity index (χ0v) is 8.22. The lowest BCUT2D eigenvalue weighted by molar-refractivity contribution is 1.37. The van der Waals surface area contributed by atoms with Gasteiger partial charge in [0.05, 0.1) is 26.9 Å². The Morgan fingerprint density at radius 1 is 1.29 bits per heavy atom. The van der Waals surface area contributed by atoms with Crippen molar-refractivity contribution in [3.63, 3.8) is 0 Å². The third kappa shape index (κ3) is 1.06. The lowest BCUT2D eigenvalue weighted by Crippen LogP contribution is -1.89. The van der Waals surface area contributed by atoms with Crippen molar-refractivity contribution < 1.29 is 0 Å².